The molecule has 0 saturated heterocycles. The minimum Gasteiger partial charge on any atom is -0.454 e. The van der Waals surface area contributed by atoms with Gasteiger partial charge in [0.25, 0.3) is 17.7 Å². The Morgan fingerprint density at radius 3 is 2.00 bits per heavy atom. The lowest BCUT2D eigenvalue weighted by atomic mass is 10.0. The first kappa shape index (κ1) is 22.1. The zero-order valence-corrected chi connectivity index (χ0v) is 16.9. The normalized spacial score (nSPS) is 14.1. The van der Waals surface area contributed by atoms with Gasteiger partial charge in [0.05, 0.1) is 17.7 Å². The van der Waals surface area contributed by atoms with Gasteiger partial charge in [-0.3, -0.25) is 24.1 Å². The number of amides is 4. The number of rotatable bonds is 8. The molecular weight excluding hydrogens is 378 g/mol. The standard InChI is InChI=1S/C20H25N3O6/c1-11(2)17(23-18(26)13-7-5-6-8-14(13)19(23)27)20(28)29-10-16(25)21-9-15(24)22-12(3)4/h5-8,11-12,17H,9-10H2,1-4H3,(H,21,25)(H,22,24)/t17-/m0/s1. The van der Waals surface area contributed by atoms with Crippen molar-refractivity contribution in [1.29, 1.82) is 0 Å². The van der Waals surface area contributed by atoms with Gasteiger partial charge in [0.2, 0.25) is 5.91 Å². The van der Waals surface area contributed by atoms with E-state index in [0.717, 1.165) is 4.90 Å². The summed E-state index contributed by atoms with van der Waals surface area (Å²) < 4.78 is 5.02. The zero-order valence-electron chi connectivity index (χ0n) is 16.9. The van der Waals surface area contributed by atoms with Crippen molar-refractivity contribution in [2.24, 2.45) is 5.92 Å². The Kier molecular flexibility index (Phi) is 7.08. The maximum Gasteiger partial charge on any atom is 0.330 e. The molecule has 156 valence electrons. The first-order valence-electron chi connectivity index (χ1n) is 9.33. The first-order chi connectivity index (χ1) is 13.6. The van der Waals surface area contributed by atoms with Crippen molar-refractivity contribution in [3.63, 3.8) is 0 Å². The van der Waals surface area contributed by atoms with Crippen LogP contribution >= 0.6 is 0 Å². The number of carbonyl (C=O) groups excluding carboxylic acids is 5. The van der Waals surface area contributed by atoms with Crippen LogP contribution in [0.3, 0.4) is 0 Å². The van der Waals surface area contributed by atoms with Crippen LogP contribution in [0.4, 0.5) is 0 Å². The third-order valence-electron chi connectivity index (χ3n) is 4.22. The van der Waals surface area contributed by atoms with Gasteiger partial charge in [0.1, 0.15) is 6.04 Å². The monoisotopic (exact) mass is 403 g/mol. The van der Waals surface area contributed by atoms with Crippen LogP contribution < -0.4 is 10.6 Å². The topological polar surface area (TPSA) is 122 Å². The Balaban J connectivity index is 1.99. The lowest BCUT2D eigenvalue weighted by Crippen LogP contribution is -2.49. The van der Waals surface area contributed by atoms with Crippen LogP contribution in [0.25, 0.3) is 0 Å². The summed E-state index contributed by atoms with van der Waals surface area (Å²) in [6, 6.07) is 5.08. The molecule has 4 amide bonds. The van der Waals surface area contributed by atoms with Gasteiger partial charge < -0.3 is 15.4 Å². The summed E-state index contributed by atoms with van der Waals surface area (Å²) in [6.07, 6.45) is 0. The molecule has 1 aliphatic rings. The zero-order chi connectivity index (χ0) is 21.7. The predicted octanol–water partition coefficient (Wildman–Crippen LogP) is 0.491. The molecular formula is C20H25N3O6. The quantitative estimate of drug-likeness (QED) is 0.481. The first-order valence-corrected chi connectivity index (χ1v) is 9.33. The van der Waals surface area contributed by atoms with Gasteiger partial charge in [0, 0.05) is 6.04 Å². The lowest BCUT2D eigenvalue weighted by molar-refractivity contribution is -0.153. The average Bonchev–Trinajstić information content (AvgIpc) is 2.89. The molecule has 0 saturated carbocycles. The summed E-state index contributed by atoms with van der Waals surface area (Å²) >= 11 is 0. The molecule has 9 heteroatoms. The molecule has 1 atom stereocenters. The lowest BCUT2D eigenvalue weighted by Gasteiger charge is -2.27. The van der Waals surface area contributed by atoms with E-state index >= 15 is 0 Å². The van der Waals surface area contributed by atoms with Crippen LogP contribution in [0.1, 0.15) is 48.4 Å². The molecule has 0 spiro atoms. The number of benzene rings is 1. The summed E-state index contributed by atoms with van der Waals surface area (Å²) in [5.41, 5.74) is 0.453. The highest BCUT2D eigenvalue weighted by Crippen LogP contribution is 2.27. The van der Waals surface area contributed by atoms with E-state index in [9.17, 15) is 24.0 Å². The third-order valence-corrected chi connectivity index (χ3v) is 4.22. The summed E-state index contributed by atoms with van der Waals surface area (Å²) in [4.78, 5) is 62.1. The Morgan fingerprint density at radius 1 is 0.966 bits per heavy atom. The van der Waals surface area contributed by atoms with Crippen molar-refractivity contribution in [3.8, 4) is 0 Å². The second kappa shape index (κ2) is 9.31. The minimum atomic E-state index is -1.17. The molecule has 2 N–H and O–H groups in total. The van der Waals surface area contributed by atoms with Crippen LogP contribution in [0.15, 0.2) is 24.3 Å². The van der Waals surface area contributed by atoms with E-state index in [2.05, 4.69) is 10.6 Å². The number of imide groups is 1. The van der Waals surface area contributed by atoms with E-state index in [1.807, 2.05) is 0 Å². The Morgan fingerprint density at radius 2 is 1.52 bits per heavy atom. The van der Waals surface area contributed by atoms with Crippen LogP contribution in [0, 0.1) is 5.92 Å². The molecule has 0 fully saturated rings. The smallest absolute Gasteiger partial charge is 0.330 e. The van der Waals surface area contributed by atoms with E-state index in [0.29, 0.717) is 0 Å². The number of nitrogens with zero attached hydrogens (tertiary/aromatic N) is 1. The predicted molar refractivity (Wildman–Crippen MR) is 103 cm³/mol. The molecule has 1 heterocycles. The fourth-order valence-corrected chi connectivity index (χ4v) is 2.96. The molecule has 0 unspecified atom stereocenters. The number of nitrogens with one attached hydrogen (secondary N) is 2. The number of hydrogen-bond acceptors (Lipinski definition) is 6. The molecule has 2 rings (SSSR count). The van der Waals surface area contributed by atoms with E-state index in [1.54, 1.807) is 39.8 Å². The molecule has 0 aliphatic carbocycles. The minimum absolute atomic E-state index is 0.0660. The maximum absolute atomic E-state index is 12.6. The van der Waals surface area contributed by atoms with Gasteiger partial charge in [-0.1, -0.05) is 26.0 Å². The van der Waals surface area contributed by atoms with E-state index in [4.69, 9.17) is 4.74 Å². The number of carbonyl (C=O) groups is 5. The van der Waals surface area contributed by atoms with Gasteiger partial charge in [0.15, 0.2) is 6.61 Å². The fraction of sp³-hybridized carbons (Fsp3) is 0.450. The fourth-order valence-electron chi connectivity index (χ4n) is 2.96. The molecule has 29 heavy (non-hydrogen) atoms. The second-order valence-electron chi connectivity index (χ2n) is 7.32. The highest BCUT2D eigenvalue weighted by Gasteiger charge is 2.44. The molecule has 1 aliphatic heterocycles. The van der Waals surface area contributed by atoms with Gasteiger partial charge >= 0.3 is 5.97 Å². The Bertz CT molecular complexity index is 798. The number of ether oxygens (including phenoxy) is 1. The molecule has 9 nitrogen and oxygen atoms in total. The highest BCUT2D eigenvalue weighted by molar-refractivity contribution is 6.22. The number of esters is 1. The van der Waals surface area contributed by atoms with Crippen molar-refractivity contribution < 1.29 is 28.7 Å². The molecule has 0 aromatic heterocycles. The van der Waals surface area contributed by atoms with Crippen molar-refractivity contribution in [2.75, 3.05) is 13.2 Å². The largest absolute Gasteiger partial charge is 0.454 e. The highest BCUT2D eigenvalue weighted by atomic mass is 16.5. The van der Waals surface area contributed by atoms with Crippen LogP contribution in [0.5, 0.6) is 0 Å². The summed E-state index contributed by atoms with van der Waals surface area (Å²) in [7, 11) is 0. The molecule has 1 aromatic carbocycles. The van der Waals surface area contributed by atoms with Crippen molar-refractivity contribution in [1.82, 2.24) is 15.5 Å². The van der Waals surface area contributed by atoms with Gasteiger partial charge in [-0.2, -0.15) is 0 Å². The SMILES string of the molecule is CC(C)NC(=O)CNC(=O)COC(=O)[C@H](C(C)C)N1C(=O)c2ccccc2C1=O. The van der Waals surface area contributed by atoms with Crippen molar-refractivity contribution in [2.45, 2.75) is 39.8 Å². The van der Waals surface area contributed by atoms with Crippen LogP contribution in [-0.2, 0) is 19.1 Å². The molecule has 1 aromatic rings. The maximum atomic E-state index is 12.6. The number of hydrogen-bond donors (Lipinski definition) is 2. The van der Waals surface area contributed by atoms with E-state index < -0.39 is 42.3 Å². The summed E-state index contributed by atoms with van der Waals surface area (Å²) in [5.74, 6) is -3.47. The average molecular weight is 403 g/mol. The third kappa shape index (κ3) is 5.18. The molecule has 0 bridgehead atoms. The van der Waals surface area contributed by atoms with Gasteiger partial charge in [-0.05, 0) is 31.9 Å². The Hall–Kier alpha value is -3.23. The summed E-state index contributed by atoms with van der Waals surface area (Å²) in [5, 5.41) is 4.95. The van der Waals surface area contributed by atoms with Crippen LogP contribution in [-0.4, -0.2) is 59.7 Å². The second-order valence-corrected chi connectivity index (χ2v) is 7.32. The number of fused-ring (bicyclic) bond motifs is 1. The van der Waals surface area contributed by atoms with Gasteiger partial charge in [-0.25, -0.2) is 4.79 Å². The van der Waals surface area contributed by atoms with Crippen molar-refractivity contribution >= 4 is 29.6 Å². The molecule has 0 radical (unpaired) electrons. The summed E-state index contributed by atoms with van der Waals surface area (Å²) in [6.45, 7) is 6.04. The van der Waals surface area contributed by atoms with Gasteiger partial charge in [-0.15, -0.1) is 0 Å². The van der Waals surface area contributed by atoms with Crippen molar-refractivity contribution in [3.05, 3.63) is 35.4 Å². The van der Waals surface area contributed by atoms with E-state index in [1.165, 1.54) is 12.1 Å². The van der Waals surface area contributed by atoms with E-state index in [-0.39, 0.29) is 29.6 Å². The van der Waals surface area contributed by atoms with Crippen LogP contribution in [0.2, 0.25) is 0 Å². The Labute approximate surface area is 168 Å².